The zero-order valence-electron chi connectivity index (χ0n) is 15.5. The normalized spacial score (nSPS) is 12.3. The van der Waals surface area contributed by atoms with E-state index < -0.39 is 5.97 Å². The molecule has 0 rings (SSSR count). The minimum Gasteiger partial charge on any atom is -0.481 e. The van der Waals surface area contributed by atoms with Gasteiger partial charge >= 0.3 is 5.97 Å². The van der Waals surface area contributed by atoms with E-state index in [0.29, 0.717) is 6.42 Å². The van der Waals surface area contributed by atoms with Gasteiger partial charge < -0.3 is 5.11 Å². The Morgan fingerprint density at radius 1 is 0.960 bits per heavy atom. The van der Waals surface area contributed by atoms with E-state index in [0.717, 1.165) is 64.2 Å². The van der Waals surface area contributed by atoms with E-state index in [2.05, 4.69) is 19.1 Å². The molecule has 0 heterocycles. The summed E-state index contributed by atoms with van der Waals surface area (Å²) in [4.78, 5) is 21.0. The van der Waals surface area contributed by atoms with Gasteiger partial charge in [-0.1, -0.05) is 56.9 Å². The molecule has 0 aromatic carbocycles. The van der Waals surface area contributed by atoms with Crippen molar-refractivity contribution in [1.82, 2.24) is 0 Å². The second-order valence-electron chi connectivity index (χ2n) is 6.18. The maximum atomic E-state index is 10.9. The van der Waals surface area contributed by atoms with Crippen LogP contribution in [0.15, 0.2) is 36.1 Å². The first-order valence-electron chi connectivity index (χ1n) is 9.43. The van der Waals surface area contributed by atoms with Crippen LogP contribution in [-0.2, 0) is 4.79 Å². The van der Waals surface area contributed by atoms with Gasteiger partial charge in [-0.05, 0) is 44.6 Å². The molecule has 0 bridgehead atoms. The van der Waals surface area contributed by atoms with Crippen LogP contribution < -0.4 is 0 Å². The average molecular weight is 351 g/mol. The highest BCUT2D eigenvalue weighted by atomic mass is 16.6. The van der Waals surface area contributed by atoms with Gasteiger partial charge in [-0.3, -0.25) is 14.9 Å². The molecule has 25 heavy (non-hydrogen) atoms. The quantitative estimate of drug-likeness (QED) is 0.159. The highest BCUT2D eigenvalue weighted by Gasteiger charge is 2.06. The number of carboxylic acids is 1. The van der Waals surface area contributed by atoms with Crippen LogP contribution in [0.2, 0.25) is 0 Å². The summed E-state index contributed by atoms with van der Waals surface area (Å²) in [5.74, 6) is -0.710. The Labute approximate surface area is 151 Å². The van der Waals surface area contributed by atoms with Crippen LogP contribution in [0, 0.1) is 10.1 Å². The van der Waals surface area contributed by atoms with E-state index >= 15 is 0 Å². The van der Waals surface area contributed by atoms with Crippen molar-refractivity contribution in [2.45, 2.75) is 84.0 Å². The average Bonchev–Trinajstić information content (AvgIpc) is 2.56. The predicted octanol–water partition coefficient (Wildman–Crippen LogP) is 6.05. The molecule has 0 amide bonds. The highest BCUT2D eigenvalue weighted by molar-refractivity contribution is 5.66. The summed E-state index contributed by atoms with van der Waals surface area (Å²) >= 11 is 0. The van der Waals surface area contributed by atoms with Crippen molar-refractivity contribution in [3.8, 4) is 0 Å². The summed E-state index contributed by atoms with van der Waals surface area (Å²) in [6.45, 7) is 2.07. The van der Waals surface area contributed by atoms with Gasteiger partial charge in [0.2, 0.25) is 5.70 Å². The fraction of sp³-hybridized carbons (Fsp3) is 0.650. The van der Waals surface area contributed by atoms with Gasteiger partial charge in [0.05, 0.1) is 11.3 Å². The zero-order valence-corrected chi connectivity index (χ0v) is 15.5. The first kappa shape index (κ1) is 23.1. The topological polar surface area (TPSA) is 80.4 Å². The number of hydrogen-bond acceptors (Lipinski definition) is 3. The molecule has 0 saturated heterocycles. The van der Waals surface area contributed by atoms with Crippen LogP contribution in [0.4, 0.5) is 0 Å². The van der Waals surface area contributed by atoms with Crippen LogP contribution in [0.25, 0.3) is 0 Å². The molecule has 0 saturated carbocycles. The Morgan fingerprint density at radius 3 is 2.32 bits per heavy atom. The van der Waals surface area contributed by atoms with E-state index in [1.165, 1.54) is 0 Å². The van der Waals surface area contributed by atoms with Crippen molar-refractivity contribution in [3.05, 3.63) is 46.2 Å². The molecule has 0 radical (unpaired) electrons. The second kappa shape index (κ2) is 16.9. The van der Waals surface area contributed by atoms with Crippen molar-refractivity contribution in [1.29, 1.82) is 0 Å². The molecule has 0 aliphatic carbocycles. The van der Waals surface area contributed by atoms with Crippen molar-refractivity contribution < 1.29 is 14.8 Å². The summed E-state index contributed by atoms with van der Waals surface area (Å²) in [5, 5.41) is 19.4. The third kappa shape index (κ3) is 16.7. The lowest BCUT2D eigenvalue weighted by molar-refractivity contribution is -0.427. The third-order valence-corrected chi connectivity index (χ3v) is 3.87. The lowest BCUT2D eigenvalue weighted by Crippen LogP contribution is -1.97. The van der Waals surface area contributed by atoms with Crippen LogP contribution in [0.5, 0.6) is 0 Å². The Balaban J connectivity index is 3.68. The smallest absolute Gasteiger partial charge is 0.303 e. The van der Waals surface area contributed by atoms with Crippen LogP contribution >= 0.6 is 0 Å². The Morgan fingerprint density at radius 2 is 1.64 bits per heavy atom. The van der Waals surface area contributed by atoms with Crippen molar-refractivity contribution in [2.75, 3.05) is 0 Å². The number of aliphatic carboxylic acids is 1. The molecule has 0 aliphatic rings. The first-order valence-corrected chi connectivity index (χ1v) is 9.43. The number of carbonyl (C=O) groups is 1. The number of nitrogens with zero attached hydrogens (tertiary/aromatic N) is 1. The maximum Gasteiger partial charge on any atom is 0.303 e. The highest BCUT2D eigenvalue weighted by Crippen LogP contribution is 2.09. The molecular weight excluding hydrogens is 318 g/mol. The minimum absolute atomic E-state index is 0.276. The molecule has 1 N–H and O–H groups in total. The third-order valence-electron chi connectivity index (χ3n) is 3.87. The Hall–Kier alpha value is -1.91. The molecule has 0 spiro atoms. The largest absolute Gasteiger partial charge is 0.481 e. The minimum atomic E-state index is -0.710. The summed E-state index contributed by atoms with van der Waals surface area (Å²) in [6, 6.07) is 0. The van der Waals surface area contributed by atoms with Crippen molar-refractivity contribution in [3.63, 3.8) is 0 Å². The number of unbranched alkanes of at least 4 members (excludes halogenated alkanes) is 7. The van der Waals surface area contributed by atoms with Crippen LogP contribution in [0.1, 0.15) is 84.0 Å². The van der Waals surface area contributed by atoms with E-state index in [9.17, 15) is 14.9 Å². The zero-order chi connectivity index (χ0) is 18.8. The summed E-state index contributed by atoms with van der Waals surface area (Å²) in [6.07, 6.45) is 20.2. The molecule has 0 aliphatic heterocycles. The molecule has 0 unspecified atom stereocenters. The van der Waals surface area contributed by atoms with E-state index in [4.69, 9.17) is 5.11 Å². The number of hydrogen-bond donors (Lipinski definition) is 1. The lowest BCUT2D eigenvalue weighted by atomic mass is 10.1. The fourth-order valence-corrected chi connectivity index (χ4v) is 2.37. The number of carboxylic acid groups (broad SMARTS) is 1. The summed E-state index contributed by atoms with van der Waals surface area (Å²) in [7, 11) is 0. The molecule has 0 fully saturated rings. The van der Waals surface area contributed by atoms with Gasteiger partial charge in [-0.15, -0.1) is 0 Å². The van der Waals surface area contributed by atoms with E-state index in [1.807, 2.05) is 12.2 Å². The monoisotopic (exact) mass is 351 g/mol. The first-order chi connectivity index (χ1) is 12.1. The van der Waals surface area contributed by atoms with E-state index in [-0.39, 0.29) is 17.0 Å². The van der Waals surface area contributed by atoms with Crippen molar-refractivity contribution in [2.24, 2.45) is 0 Å². The fourth-order valence-electron chi connectivity index (χ4n) is 2.37. The Kier molecular flexibility index (Phi) is 15.6. The van der Waals surface area contributed by atoms with Gasteiger partial charge in [0.15, 0.2) is 0 Å². The molecule has 0 aromatic heterocycles. The second-order valence-corrected chi connectivity index (χ2v) is 6.18. The van der Waals surface area contributed by atoms with Crippen LogP contribution in [-0.4, -0.2) is 16.0 Å². The van der Waals surface area contributed by atoms with Gasteiger partial charge in [0, 0.05) is 6.42 Å². The summed E-state index contributed by atoms with van der Waals surface area (Å²) in [5.41, 5.74) is 0.288. The number of nitro groups is 1. The van der Waals surface area contributed by atoms with Gasteiger partial charge in [0.1, 0.15) is 0 Å². The summed E-state index contributed by atoms with van der Waals surface area (Å²) < 4.78 is 0. The van der Waals surface area contributed by atoms with Gasteiger partial charge in [0.25, 0.3) is 0 Å². The van der Waals surface area contributed by atoms with Crippen molar-refractivity contribution >= 4 is 5.97 Å². The predicted molar refractivity (Wildman–Crippen MR) is 102 cm³/mol. The van der Waals surface area contributed by atoms with Gasteiger partial charge in [-0.2, -0.15) is 0 Å². The van der Waals surface area contributed by atoms with E-state index in [1.54, 1.807) is 6.08 Å². The molecule has 0 atom stereocenters. The number of rotatable bonds is 16. The van der Waals surface area contributed by atoms with Crippen LogP contribution in [0.3, 0.4) is 0 Å². The standard InChI is InChI=1S/C20H33NO4/c1-2-3-13-16-19(21(24)25)17-14-11-9-7-5-4-6-8-10-12-15-18-20(22)23/h5,7,11,14,16H,2-4,6,8-10,12-13,15,17-18H2,1H3,(H,22,23)/b7-5+,14-11?,19-16?. The number of allylic oxidation sites excluding steroid dienone is 5. The molecular formula is C20H33NO4. The molecule has 0 aromatic rings. The van der Waals surface area contributed by atoms with Gasteiger partial charge in [-0.25, -0.2) is 0 Å². The Bertz CT molecular complexity index is 453. The molecule has 5 heteroatoms. The maximum absolute atomic E-state index is 10.9. The molecule has 142 valence electrons. The molecule has 5 nitrogen and oxygen atoms in total. The SMILES string of the molecule is CCCCC=C(CC=CC/C=C/CCCCCCCC(=O)O)[N+](=O)[O-]. The lowest BCUT2D eigenvalue weighted by Gasteiger charge is -1.98.